The molecule has 1 N–H and O–H groups in total. The molecule has 0 saturated carbocycles. The number of morpholine rings is 1. The lowest BCUT2D eigenvalue weighted by Gasteiger charge is -2.32. The van der Waals surface area contributed by atoms with E-state index in [-0.39, 0.29) is 0 Å². The number of rotatable bonds is 8. The summed E-state index contributed by atoms with van der Waals surface area (Å²) in [5, 5.41) is 3.56. The largest absolute Gasteiger partial charge is 0.372 e. The van der Waals surface area contributed by atoms with E-state index in [4.69, 9.17) is 4.74 Å². The fourth-order valence-corrected chi connectivity index (χ4v) is 2.92. The van der Waals surface area contributed by atoms with E-state index in [1.807, 2.05) is 0 Å². The van der Waals surface area contributed by atoms with Crippen molar-refractivity contribution in [3.63, 3.8) is 0 Å². The summed E-state index contributed by atoms with van der Waals surface area (Å²) in [5.74, 6) is 0. The molecule has 0 aromatic rings. The van der Waals surface area contributed by atoms with Crippen molar-refractivity contribution < 1.29 is 4.74 Å². The van der Waals surface area contributed by atoms with E-state index in [2.05, 4.69) is 17.1 Å². The van der Waals surface area contributed by atoms with Gasteiger partial charge in [0.2, 0.25) is 0 Å². The van der Waals surface area contributed by atoms with Gasteiger partial charge in [-0.05, 0) is 25.8 Å². The van der Waals surface area contributed by atoms with Crippen LogP contribution in [0.1, 0.15) is 45.4 Å². The molecule has 2 fully saturated rings. The highest BCUT2D eigenvalue weighted by atomic mass is 16.5. The zero-order chi connectivity index (χ0) is 11.9. The normalized spacial score (nSPS) is 28.8. The Hall–Kier alpha value is -0.120. The maximum Gasteiger partial charge on any atom is 0.0707 e. The number of nitrogens with zero attached hydrogens (tertiary/aromatic N) is 1. The van der Waals surface area contributed by atoms with Gasteiger partial charge in [0.1, 0.15) is 0 Å². The zero-order valence-electron chi connectivity index (χ0n) is 11.3. The van der Waals surface area contributed by atoms with Crippen molar-refractivity contribution in [3.8, 4) is 0 Å². The Morgan fingerprint density at radius 2 is 1.82 bits per heavy atom. The molecule has 100 valence electrons. The van der Waals surface area contributed by atoms with Gasteiger partial charge in [0.05, 0.1) is 12.2 Å². The van der Waals surface area contributed by atoms with Crippen LogP contribution in [0.2, 0.25) is 0 Å². The van der Waals surface area contributed by atoms with Crippen molar-refractivity contribution >= 4 is 0 Å². The number of likely N-dealkylation sites (tertiary alicyclic amines) is 1. The number of hydrogen-bond acceptors (Lipinski definition) is 3. The summed E-state index contributed by atoms with van der Waals surface area (Å²) in [5.41, 5.74) is 0. The fourth-order valence-electron chi connectivity index (χ4n) is 2.92. The molecule has 0 aromatic heterocycles. The van der Waals surface area contributed by atoms with E-state index < -0.39 is 0 Å². The highest BCUT2D eigenvalue weighted by Gasteiger charge is 2.33. The number of nitrogens with one attached hydrogen (secondary N) is 1. The van der Waals surface area contributed by atoms with Gasteiger partial charge in [0.15, 0.2) is 0 Å². The lowest BCUT2D eigenvalue weighted by atomic mass is 10.2. The molecule has 3 heteroatoms. The first-order valence-electron chi connectivity index (χ1n) is 7.47. The Kier molecular flexibility index (Phi) is 5.75. The summed E-state index contributed by atoms with van der Waals surface area (Å²) in [7, 11) is 0. The average Bonchev–Trinajstić information content (AvgIpc) is 2.68. The van der Waals surface area contributed by atoms with Crippen LogP contribution < -0.4 is 5.32 Å². The second kappa shape index (κ2) is 7.34. The summed E-state index contributed by atoms with van der Waals surface area (Å²) >= 11 is 0. The van der Waals surface area contributed by atoms with Crippen molar-refractivity contribution in [2.75, 3.05) is 32.7 Å². The standard InChI is InChI=1S/C14H28N2O/c1-2-3-4-5-8-15-9-10-16-11-13-6-7-14(12-16)17-13/h13-15H,2-12H2,1H3. The molecule has 2 unspecified atom stereocenters. The summed E-state index contributed by atoms with van der Waals surface area (Å²) in [6.07, 6.45) is 9.08. The Morgan fingerprint density at radius 1 is 1.06 bits per heavy atom. The molecule has 0 radical (unpaired) electrons. The van der Waals surface area contributed by atoms with Crippen LogP contribution in [0.15, 0.2) is 0 Å². The van der Waals surface area contributed by atoms with Gasteiger partial charge in [0, 0.05) is 26.2 Å². The molecule has 2 aliphatic rings. The summed E-state index contributed by atoms with van der Waals surface area (Å²) in [4.78, 5) is 2.57. The van der Waals surface area contributed by atoms with E-state index in [9.17, 15) is 0 Å². The van der Waals surface area contributed by atoms with Gasteiger partial charge in [-0.1, -0.05) is 26.2 Å². The van der Waals surface area contributed by atoms with Crippen LogP contribution in [0, 0.1) is 0 Å². The molecule has 3 nitrogen and oxygen atoms in total. The van der Waals surface area contributed by atoms with Crippen LogP contribution >= 0.6 is 0 Å². The first kappa shape index (κ1) is 13.3. The summed E-state index contributed by atoms with van der Waals surface area (Å²) in [6.45, 7) is 8.12. The van der Waals surface area contributed by atoms with Gasteiger partial charge in [-0.2, -0.15) is 0 Å². The van der Waals surface area contributed by atoms with Crippen molar-refractivity contribution in [3.05, 3.63) is 0 Å². The quantitative estimate of drug-likeness (QED) is 0.657. The van der Waals surface area contributed by atoms with Gasteiger partial charge in [-0.25, -0.2) is 0 Å². The number of hydrogen-bond donors (Lipinski definition) is 1. The summed E-state index contributed by atoms with van der Waals surface area (Å²) < 4.78 is 5.84. The van der Waals surface area contributed by atoms with Crippen LogP contribution in [0.3, 0.4) is 0 Å². The Morgan fingerprint density at radius 3 is 2.53 bits per heavy atom. The average molecular weight is 240 g/mol. The maximum atomic E-state index is 5.84. The lowest BCUT2D eigenvalue weighted by Crippen LogP contribution is -2.45. The van der Waals surface area contributed by atoms with Crippen LogP contribution in [-0.2, 0) is 4.74 Å². The third-order valence-electron chi connectivity index (χ3n) is 3.93. The highest BCUT2D eigenvalue weighted by molar-refractivity contribution is 4.84. The minimum absolute atomic E-state index is 0.540. The number of unbranched alkanes of at least 4 members (excludes halogenated alkanes) is 3. The first-order chi connectivity index (χ1) is 8.38. The molecular weight excluding hydrogens is 212 g/mol. The van der Waals surface area contributed by atoms with Crippen molar-refractivity contribution in [1.82, 2.24) is 10.2 Å². The van der Waals surface area contributed by atoms with Gasteiger partial charge in [0.25, 0.3) is 0 Å². The fraction of sp³-hybridized carbons (Fsp3) is 1.00. The minimum atomic E-state index is 0.540. The van der Waals surface area contributed by atoms with Crippen molar-refractivity contribution in [2.24, 2.45) is 0 Å². The Bertz CT molecular complexity index is 198. The van der Waals surface area contributed by atoms with Crippen molar-refractivity contribution in [2.45, 2.75) is 57.7 Å². The number of fused-ring (bicyclic) bond motifs is 2. The molecule has 2 heterocycles. The Balaban J connectivity index is 1.45. The van der Waals surface area contributed by atoms with E-state index in [0.29, 0.717) is 12.2 Å². The van der Waals surface area contributed by atoms with Crippen LogP contribution in [0.4, 0.5) is 0 Å². The molecule has 0 spiro atoms. The van der Waals surface area contributed by atoms with E-state index in [1.165, 1.54) is 51.6 Å². The third kappa shape index (κ3) is 4.57. The van der Waals surface area contributed by atoms with E-state index in [0.717, 1.165) is 19.6 Å². The molecule has 2 aliphatic heterocycles. The topological polar surface area (TPSA) is 24.5 Å². The van der Waals surface area contributed by atoms with Gasteiger partial charge in [-0.3, -0.25) is 4.90 Å². The third-order valence-corrected chi connectivity index (χ3v) is 3.93. The van der Waals surface area contributed by atoms with Crippen LogP contribution in [0.25, 0.3) is 0 Å². The molecule has 0 amide bonds. The van der Waals surface area contributed by atoms with E-state index >= 15 is 0 Å². The smallest absolute Gasteiger partial charge is 0.0707 e. The highest BCUT2D eigenvalue weighted by Crippen LogP contribution is 2.25. The molecular formula is C14H28N2O. The first-order valence-corrected chi connectivity index (χ1v) is 7.47. The molecule has 17 heavy (non-hydrogen) atoms. The molecule has 2 atom stereocenters. The van der Waals surface area contributed by atoms with Gasteiger partial charge < -0.3 is 10.1 Å². The predicted molar refractivity (Wildman–Crippen MR) is 71.3 cm³/mol. The molecule has 0 aliphatic carbocycles. The Labute approximate surface area is 106 Å². The molecule has 2 rings (SSSR count). The maximum absolute atomic E-state index is 5.84. The minimum Gasteiger partial charge on any atom is -0.372 e. The van der Waals surface area contributed by atoms with Crippen LogP contribution in [0.5, 0.6) is 0 Å². The van der Waals surface area contributed by atoms with Crippen LogP contribution in [-0.4, -0.2) is 49.8 Å². The lowest BCUT2D eigenvalue weighted by molar-refractivity contribution is -0.0376. The molecule has 2 saturated heterocycles. The molecule has 0 aromatic carbocycles. The predicted octanol–water partition coefficient (Wildman–Crippen LogP) is 2.02. The van der Waals surface area contributed by atoms with Gasteiger partial charge >= 0.3 is 0 Å². The van der Waals surface area contributed by atoms with E-state index in [1.54, 1.807) is 0 Å². The molecule has 2 bridgehead atoms. The zero-order valence-corrected chi connectivity index (χ0v) is 11.3. The second-order valence-corrected chi connectivity index (χ2v) is 5.53. The van der Waals surface area contributed by atoms with Gasteiger partial charge in [-0.15, -0.1) is 0 Å². The second-order valence-electron chi connectivity index (χ2n) is 5.53. The SMILES string of the molecule is CCCCCCNCCN1CC2CCC(C1)O2. The monoisotopic (exact) mass is 240 g/mol. The number of ether oxygens (including phenoxy) is 1. The van der Waals surface area contributed by atoms with Crippen molar-refractivity contribution in [1.29, 1.82) is 0 Å². The summed E-state index contributed by atoms with van der Waals surface area (Å²) in [6, 6.07) is 0.